The number of fused-ring (bicyclic) bond motifs is 1. The zero-order chi connectivity index (χ0) is 25.1. The predicted octanol–water partition coefficient (Wildman–Crippen LogP) is 0.539. The summed E-state index contributed by atoms with van der Waals surface area (Å²) in [6.07, 6.45) is -7.15. The van der Waals surface area contributed by atoms with Gasteiger partial charge in [-0.05, 0) is 19.1 Å². The maximum atomic E-state index is 13.0. The van der Waals surface area contributed by atoms with Gasteiger partial charge in [-0.25, -0.2) is 0 Å². The Hall–Kier alpha value is -3.71. The van der Waals surface area contributed by atoms with Crippen LogP contribution in [0, 0.1) is 0 Å². The molecule has 1 aliphatic heterocycles. The Morgan fingerprint density at radius 2 is 1.47 bits per heavy atom. The highest BCUT2D eigenvalue weighted by atomic mass is 16.5. The van der Waals surface area contributed by atoms with Gasteiger partial charge in [0, 0.05) is 11.6 Å². The molecular weight excluding hydrogens is 456 g/mol. The number of rotatable bonds is 3. The van der Waals surface area contributed by atoms with Crippen molar-refractivity contribution in [3.63, 3.8) is 0 Å². The summed E-state index contributed by atoms with van der Waals surface area (Å²) in [5.74, 6) is -4.69. The van der Waals surface area contributed by atoms with Crippen LogP contribution in [0.4, 0.5) is 0 Å². The molecule has 0 saturated carbocycles. The van der Waals surface area contributed by atoms with Gasteiger partial charge in [0.2, 0.25) is 11.2 Å². The largest absolute Gasteiger partial charge is 0.507 e. The molecule has 0 amide bonds. The smallest absolute Gasteiger partial charge is 0.238 e. The summed E-state index contributed by atoms with van der Waals surface area (Å²) in [5.41, 5.74) is -1.84. The van der Waals surface area contributed by atoms with E-state index in [0.29, 0.717) is 0 Å². The molecule has 2 heterocycles. The number of aromatic hydroxyl groups is 5. The Morgan fingerprint density at radius 1 is 0.853 bits per heavy atom. The molecule has 2 aromatic carbocycles. The highest BCUT2D eigenvalue weighted by Crippen LogP contribution is 2.46. The number of aliphatic hydroxyl groups is 3. The quantitative estimate of drug-likeness (QED) is 0.242. The number of hydrogen-bond donors (Lipinski definition) is 8. The van der Waals surface area contributed by atoms with Crippen LogP contribution in [0.25, 0.3) is 22.3 Å². The second-order valence-corrected chi connectivity index (χ2v) is 7.92. The number of phenols is 4. The van der Waals surface area contributed by atoms with Gasteiger partial charge in [0.15, 0.2) is 28.6 Å². The highest BCUT2D eigenvalue weighted by Gasteiger charge is 2.45. The molecule has 3 aromatic rings. The zero-order valence-electron chi connectivity index (χ0n) is 17.8. The van der Waals surface area contributed by atoms with E-state index in [1.807, 2.05) is 0 Å². The van der Waals surface area contributed by atoms with Crippen LogP contribution in [0.2, 0.25) is 0 Å². The van der Waals surface area contributed by atoms with Crippen molar-refractivity contribution < 1.29 is 54.7 Å². The number of aliphatic hydroxyl groups excluding tert-OH is 3. The summed E-state index contributed by atoms with van der Waals surface area (Å²) >= 11 is 0. The minimum Gasteiger partial charge on any atom is -0.507 e. The van der Waals surface area contributed by atoms with Gasteiger partial charge in [-0.2, -0.15) is 0 Å². The first-order valence-electron chi connectivity index (χ1n) is 10.0. The van der Waals surface area contributed by atoms with Crippen LogP contribution in [-0.2, 0) is 4.74 Å². The second kappa shape index (κ2) is 8.25. The van der Waals surface area contributed by atoms with Crippen molar-refractivity contribution in [2.75, 3.05) is 7.11 Å². The van der Waals surface area contributed by atoms with E-state index in [2.05, 4.69) is 0 Å². The Bertz CT molecular complexity index is 1310. The Balaban J connectivity index is 2.07. The SMILES string of the molecule is COc1cc(O)c2c(=O)c(O)c(-c3cc(O)c(O)c(O)c3)oc2c1C1OC(C)C(O)C(O)C1O. The molecule has 182 valence electrons. The van der Waals surface area contributed by atoms with Gasteiger partial charge in [-0.3, -0.25) is 4.79 Å². The van der Waals surface area contributed by atoms with Crippen molar-refractivity contribution in [3.05, 3.63) is 34.0 Å². The van der Waals surface area contributed by atoms with E-state index in [4.69, 9.17) is 13.9 Å². The molecule has 34 heavy (non-hydrogen) atoms. The van der Waals surface area contributed by atoms with Crippen LogP contribution in [-0.4, -0.2) is 72.4 Å². The minimum atomic E-state index is -1.71. The third-order valence-electron chi connectivity index (χ3n) is 5.81. The molecule has 5 unspecified atom stereocenters. The first-order valence-corrected chi connectivity index (χ1v) is 10.0. The lowest BCUT2D eigenvalue weighted by Crippen LogP contribution is -2.53. The fourth-order valence-corrected chi connectivity index (χ4v) is 3.99. The molecule has 0 aliphatic carbocycles. The first kappa shape index (κ1) is 23.4. The third kappa shape index (κ3) is 3.44. The van der Waals surface area contributed by atoms with E-state index in [1.165, 1.54) is 14.0 Å². The highest BCUT2D eigenvalue weighted by molar-refractivity contribution is 5.91. The van der Waals surface area contributed by atoms with Crippen LogP contribution in [0.1, 0.15) is 18.6 Å². The number of methoxy groups -OCH3 is 1. The van der Waals surface area contributed by atoms with Crippen molar-refractivity contribution in [2.45, 2.75) is 37.4 Å². The van der Waals surface area contributed by atoms with E-state index in [9.17, 15) is 45.6 Å². The molecule has 12 nitrogen and oxygen atoms in total. The van der Waals surface area contributed by atoms with Crippen LogP contribution < -0.4 is 10.2 Å². The van der Waals surface area contributed by atoms with Crippen molar-refractivity contribution >= 4 is 11.0 Å². The van der Waals surface area contributed by atoms with E-state index in [0.717, 1.165) is 18.2 Å². The number of benzene rings is 2. The molecule has 1 aromatic heterocycles. The lowest BCUT2D eigenvalue weighted by Gasteiger charge is -2.39. The summed E-state index contributed by atoms with van der Waals surface area (Å²) in [6, 6.07) is 2.85. The Morgan fingerprint density at radius 3 is 2.06 bits per heavy atom. The van der Waals surface area contributed by atoms with Crippen molar-refractivity contribution in [1.82, 2.24) is 0 Å². The average molecular weight is 478 g/mol. The molecule has 4 rings (SSSR count). The first-order chi connectivity index (χ1) is 16.0. The van der Waals surface area contributed by atoms with Crippen LogP contribution >= 0.6 is 0 Å². The fourth-order valence-electron chi connectivity index (χ4n) is 3.99. The van der Waals surface area contributed by atoms with Gasteiger partial charge in [-0.1, -0.05) is 0 Å². The van der Waals surface area contributed by atoms with Crippen molar-refractivity contribution in [2.24, 2.45) is 0 Å². The molecule has 0 bridgehead atoms. The molecule has 5 atom stereocenters. The summed E-state index contributed by atoms with van der Waals surface area (Å²) in [7, 11) is 1.23. The predicted molar refractivity (Wildman–Crippen MR) is 114 cm³/mol. The number of phenolic OH excluding ortho intramolecular Hbond substituents is 4. The van der Waals surface area contributed by atoms with E-state index in [-0.39, 0.29) is 16.9 Å². The molecule has 1 fully saturated rings. The second-order valence-electron chi connectivity index (χ2n) is 7.92. The van der Waals surface area contributed by atoms with Crippen LogP contribution in [0.3, 0.4) is 0 Å². The number of hydrogen-bond acceptors (Lipinski definition) is 12. The fraction of sp³-hybridized carbons (Fsp3) is 0.318. The van der Waals surface area contributed by atoms with Gasteiger partial charge >= 0.3 is 0 Å². The normalized spacial score (nSPS) is 24.9. The van der Waals surface area contributed by atoms with Gasteiger partial charge in [0.05, 0.1) is 18.8 Å². The molecular formula is C22H22O12. The minimum absolute atomic E-state index is 0.110. The lowest BCUT2D eigenvalue weighted by atomic mass is 9.90. The number of ether oxygens (including phenoxy) is 2. The van der Waals surface area contributed by atoms with E-state index < -0.39 is 81.4 Å². The average Bonchev–Trinajstić information content (AvgIpc) is 2.80. The van der Waals surface area contributed by atoms with Crippen LogP contribution in [0.5, 0.6) is 34.5 Å². The monoisotopic (exact) mass is 478 g/mol. The molecule has 0 radical (unpaired) electrons. The molecule has 1 aliphatic rings. The third-order valence-corrected chi connectivity index (χ3v) is 5.81. The summed E-state index contributed by atoms with van der Waals surface area (Å²) in [6.45, 7) is 1.44. The Labute approximate surface area is 190 Å². The zero-order valence-corrected chi connectivity index (χ0v) is 17.8. The van der Waals surface area contributed by atoms with Gasteiger partial charge in [0.25, 0.3) is 0 Å². The molecule has 1 saturated heterocycles. The van der Waals surface area contributed by atoms with Crippen molar-refractivity contribution in [3.8, 4) is 45.8 Å². The molecule has 12 heteroatoms. The Kier molecular flexibility index (Phi) is 5.69. The van der Waals surface area contributed by atoms with Crippen molar-refractivity contribution in [1.29, 1.82) is 0 Å². The van der Waals surface area contributed by atoms with Crippen LogP contribution in [0.15, 0.2) is 27.4 Å². The van der Waals surface area contributed by atoms with Gasteiger partial charge in [-0.15, -0.1) is 0 Å². The summed E-state index contributed by atoms with van der Waals surface area (Å²) in [4.78, 5) is 13.0. The standard InChI is InChI=1S/C22H22O12/c1-6-14(26)17(29)19(31)22(33-6)13-11(32-2)5-8(23)12-16(28)18(30)20(34-21(12)13)7-3-9(24)15(27)10(25)4-7/h3-6,14,17,19,22-27,29-31H,1-2H3. The summed E-state index contributed by atoms with van der Waals surface area (Å²) < 4.78 is 16.7. The topological polar surface area (TPSA) is 211 Å². The van der Waals surface area contributed by atoms with Gasteiger partial charge in [0.1, 0.15) is 41.3 Å². The van der Waals surface area contributed by atoms with E-state index >= 15 is 0 Å². The van der Waals surface area contributed by atoms with Gasteiger partial charge < -0.3 is 54.7 Å². The lowest BCUT2D eigenvalue weighted by molar-refractivity contribution is -0.219. The summed E-state index contributed by atoms with van der Waals surface area (Å²) in [5, 5.41) is 80.7. The molecule has 0 spiro atoms. The molecule has 8 N–H and O–H groups in total. The van der Waals surface area contributed by atoms with E-state index in [1.54, 1.807) is 0 Å². The maximum absolute atomic E-state index is 13.0. The maximum Gasteiger partial charge on any atom is 0.238 e.